The van der Waals surface area contributed by atoms with Gasteiger partial charge in [0.05, 0.1) is 13.2 Å². The molecule has 0 bridgehead atoms. The number of nitrogens with one attached hydrogen (secondary N) is 1. The first-order valence-corrected chi connectivity index (χ1v) is 10.2. The Morgan fingerprint density at radius 1 is 1.27 bits per heavy atom. The van der Waals surface area contributed by atoms with E-state index in [1.165, 1.54) is 0 Å². The van der Waals surface area contributed by atoms with Gasteiger partial charge in [0, 0.05) is 53.0 Å². The number of likely N-dealkylation sites (tertiary alicyclic amines) is 1. The highest BCUT2D eigenvalue weighted by Crippen LogP contribution is 2.34. The average molecular weight is 404 g/mol. The number of H-pyrrole nitrogens is 1. The molecule has 0 spiro atoms. The van der Waals surface area contributed by atoms with Crippen molar-refractivity contribution < 1.29 is 14.6 Å². The number of amides is 1. The number of hydrogen-bond acceptors (Lipinski definition) is 4. The zero-order chi connectivity index (χ0) is 20.7. The number of fused-ring (bicyclic) bond motifs is 2. The van der Waals surface area contributed by atoms with Crippen molar-refractivity contribution >= 4 is 27.8 Å². The lowest BCUT2D eigenvalue weighted by Gasteiger charge is -2.29. The summed E-state index contributed by atoms with van der Waals surface area (Å²) in [6.45, 7) is 1.47. The molecule has 30 heavy (non-hydrogen) atoms. The minimum Gasteiger partial charge on any atom is -0.497 e. The minimum atomic E-state index is -0.295. The fraction of sp³-hybridized carbons (Fsp3) is 0.304. The summed E-state index contributed by atoms with van der Waals surface area (Å²) in [6, 6.07) is 11.9. The van der Waals surface area contributed by atoms with Gasteiger partial charge in [-0.15, -0.1) is 0 Å². The van der Waals surface area contributed by atoms with Gasteiger partial charge < -0.3 is 24.3 Å². The lowest BCUT2D eigenvalue weighted by Crippen LogP contribution is -2.41. The van der Waals surface area contributed by atoms with Crippen LogP contribution in [0, 0.1) is 0 Å². The molecule has 7 heteroatoms. The van der Waals surface area contributed by atoms with Crippen LogP contribution in [-0.4, -0.2) is 56.8 Å². The molecular formula is C23H24N4O3. The molecule has 4 aromatic rings. The molecule has 1 amide bonds. The van der Waals surface area contributed by atoms with Crippen molar-refractivity contribution in [1.82, 2.24) is 19.4 Å². The first-order chi connectivity index (χ1) is 14.6. The average Bonchev–Trinajstić information content (AvgIpc) is 3.35. The van der Waals surface area contributed by atoms with E-state index in [0.717, 1.165) is 38.9 Å². The van der Waals surface area contributed by atoms with Gasteiger partial charge in [0.25, 0.3) is 0 Å². The molecule has 4 heterocycles. The Labute approximate surface area is 173 Å². The summed E-state index contributed by atoms with van der Waals surface area (Å²) in [5.41, 5.74) is 3.76. The van der Waals surface area contributed by atoms with E-state index in [0.29, 0.717) is 25.9 Å². The summed E-state index contributed by atoms with van der Waals surface area (Å²) in [5, 5.41) is 11.8. The maximum Gasteiger partial charge on any atom is 0.242 e. The van der Waals surface area contributed by atoms with Gasteiger partial charge in [-0.1, -0.05) is 0 Å². The van der Waals surface area contributed by atoms with E-state index in [-0.39, 0.29) is 18.6 Å². The number of hydrogen-bond donors (Lipinski definition) is 2. The number of nitrogens with zero attached hydrogens (tertiary/aromatic N) is 3. The zero-order valence-corrected chi connectivity index (χ0v) is 16.8. The summed E-state index contributed by atoms with van der Waals surface area (Å²) < 4.78 is 7.43. The van der Waals surface area contributed by atoms with Crippen LogP contribution in [-0.2, 0) is 11.3 Å². The van der Waals surface area contributed by atoms with E-state index in [1.54, 1.807) is 13.3 Å². The Bertz CT molecular complexity index is 1180. The van der Waals surface area contributed by atoms with E-state index in [9.17, 15) is 9.90 Å². The number of aromatic amines is 1. The molecule has 1 saturated heterocycles. The minimum absolute atomic E-state index is 0.0690. The third-order valence-corrected chi connectivity index (χ3v) is 5.89. The summed E-state index contributed by atoms with van der Waals surface area (Å²) >= 11 is 0. The highest BCUT2D eigenvalue weighted by molar-refractivity contribution is 5.99. The number of carbonyl (C=O) groups excluding carboxylic acids is 1. The molecule has 1 aliphatic rings. The van der Waals surface area contributed by atoms with Crippen molar-refractivity contribution in [2.24, 2.45) is 0 Å². The fourth-order valence-corrected chi connectivity index (χ4v) is 4.21. The van der Waals surface area contributed by atoms with Gasteiger partial charge in [0.2, 0.25) is 5.91 Å². The molecule has 2 N–H and O–H groups in total. The predicted molar refractivity (Wildman–Crippen MR) is 115 cm³/mol. The van der Waals surface area contributed by atoms with Crippen LogP contribution in [0.25, 0.3) is 33.2 Å². The number of aliphatic hydroxyl groups is 1. The predicted octanol–water partition coefficient (Wildman–Crippen LogP) is 3.18. The largest absolute Gasteiger partial charge is 0.497 e. The van der Waals surface area contributed by atoms with Crippen LogP contribution in [0.1, 0.15) is 12.8 Å². The number of methoxy groups -OCH3 is 1. The standard InChI is InChI=1S/C23H24N4O3/c1-30-17-4-5-21-18(12-17)19(20-11-15-3-2-8-24-23(15)25-20)13-27(21)14-22(29)26-9-6-16(28)7-10-26/h2-5,8,11-13,16,28H,6-7,9-10,14H2,1H3,(H,24,25). The maximum absolute atomic E-state index is 12.9. The molecule has 154 valence electrons. The quantitative estimate of drug-likeness (QED) is 0.547. The molecule has 0 atom stereocenters. The molecule has 0 radical (unpaired) electrons. The lowest BCUT2D eigenvalue weighted by atomic mass is 10.1. The number of pyridine rings is 1. The number of ether oxygens (including phenoxy) is 1. The van der Waals surface area contributed by atoms with Crippen LogP contribution < -0.4 is 4.74 Å². The molecule has 0 aliphatic carbocycles. The topological polar surface area (TPSA) is 83.4 Å². The first-order valence-electron chi connectivity index (χ1n) is 10.2. The normalized spacial score (nSPS) is 15.2. The van der Waals surface area contributed by atoms with Gasteiger partial charge in [-0.05, 0) is 49.2 Å². The van der Waals surface area contributed by atoms with E-state index >= 15 is 0 Å². The molecular weight excluding hydrogens is 380 g/mol. The Kier molecular flexibility index (Phi) is 4.67. The second-order valence-electron chi connectivity index (χ2n) is 7.79. The molecule has 0 unspecified atom stereocenters. The number of piperidine rings is 1. The third kappa shape index (κ3) is 3.31. The molecule has 3 aromatic heterocycles. The Morgan fingerprint density at radius 3 is 2.87 bits per heavy atom. The second kappa shape index (κ2) is 7.50. The van der Waals surface area contributed by atoms with E-state index in [2.05, 4.69) is 16.0 Å². The Hall–Kier alpha value is -3.32. The number of aromatic nitrogens is 3. The lowest BCUT2D eigenvalue weighted by molar-refractivity contribution is -0.133. The Balaban J connectivity index is 1.55. The fourth-order valence-electron chi connectivity index (χ4n) is 4.21. The van der Waals surface area contributed by atoms with Crippen molar-refractivity contribution in [1.29, 1.82) is 0 Å². The summed E-state index contributed by atoms with van der Waals surface area (Å²) in [4.78, 5) is 22.5. The van der Waals surface area contributed by atoms with Crippen LogP contribution in [0.15, 0.2) is 48.8 Å². The second-order valence-corrected chi connectivity index (χ2v) is 7.79. The molecule has 1 aromatic carbocycles. The molecule has 1 fully saturated rings. The molecule has 7 nitrogen and oxygen atoms in total. The van der Waals surface area contributed by atoms with Gasteiger partial charge in [-0.2, -0.15) is 0 Å². The van der Waals surface area contributed by atoms with Crippen LogP contribution in [0.2, 0.25) is 0 Å². The number of rotatable bonds is 4. The van der Waals surface area contributed by atoms with Gasteiger partial charge in [-0.3, -0.25) is 4.79 Å². The van der Waals surface area contributed by atoms with E-state index < -0.39 is 0 Å². The van der Waals surface area contributed by atoms with Crippen molar-refractivity contribution in [3.05, 3.63) is 48.8 Å². The van der Waals surface area contributed by atoms with Gasteiger partial charge in [0.15, 0.2) is 0 Å². The van der Waals surface area contributed by atoms with Gasteiger partial charge >= 0.3 is 0 Å². The molecule has 0 saturated carbocycles. The highest BCUT2D eigenvalue weighted by Gasteiger charge is 2.22. The highest BCUT2D eigenvalue weighted by atomic mass is 16.5. The SMILES string of the molecule is COc1ccc2c(c1)c(-c1cc3cccnc3[nH]1)cn2CC(=O)N1CCC(O)CC1. The number of aliphatic hydroxyl groups excluding tert-OH is 1. The van der Waals surface area contributed by atoms with Gasteiger partial charge in [-0.25, -0.2) is 4.98 Å². The zero-order valence-electron chi connectivity index (χ0n) is 16.8. The smallest absolute Gasteiger partial charge is 0.242 e. The molecule has 5 rings (SSSR count). The first kappa shape index (κ1) is 18.7. The third-order valence-electron chi connectivity index (χ3n) is 5.89. The van der Waals surface area contributed by atoms with Crippen molar-refractivity contribution in [2.75, 3.05) is 20.2 Å². The van der Waals surface area contributed by atoms with Crippen molar-refractivity contribution in [2.45, 2.75) is 25.5 Å². The monoisotopic (exact) mass is 404 g/mol. The van der Waals surface area contributed by atoms with Crippen LogP contribution in [0.5, 0.6) is 5.75 Å². The summed E-state index contributed by atoms with van der Waals surface area (Å²) in [5.74, 6) is 0.839. The van der Waals surface area contributed by atoms with Crippen molar-refractivity contribution in [3.8, 4) is 17.0 Å². The Morgan fingerprint density at radius 2 is 2.10 bits per heavy atom. The molecule has 1 aliphatic heterocycles. The maximum atomic E-state index is 12.9. The van der Waals surface area contributed by atoms with Crippen molar-refractivity contribution in [3.63, 3.8) is 0 Å². The van der Waals surface area contributed by atoms with E-state index in [4.69, 9.17) is 4.74 Å². The van der Waals surface area contributed by atoms with Crippen LogP contribution >= 0.6 is 0 Å². The van der Waals surface area contributed by atoms with E-state index in [1.807, 2.05) is 46.0 Å². The number of carbonyl (C=O) groups is 1. The van der Waals surface area contributed by atoms with Gasteiger partial charge in [0.1, 0.15) is 17.9 Å². The van der Waals surface area contributed by atoms with Crippen LogP contribution in [0.3, 0.4) is 0 Å². The number of benzene rings is 1. The summed E-state index contributed by atoms with van der Waals surface area (Å²) in [6.07, 6.45) is 4.77. The van der Waals surface area contributed by atoms with Crippen LogP contribution in [0.4, 0.5) is 0 Å². The summed E-state index contributed by atoms with van der Waals surface area (Å²) in [7, 11) is 1.65.